The maximum atomic E-state index is 5.99. The van der Waals surface area contributed by atoms with E-state index in [2.05, 4.69) is 4.98 Å². The molecule has 2 aromatic rings. The van der Waals surface area contributed by atoms with Crippen molar-refractivity contribution in [2.24, 2.45) is 0 Å². The lowest BCUT2D eigenvalue weighted by molar-refractivity contribution is 0.304. The Bertz CT molecular complexity index is 439. The highest BCUT2D eigenvalue weighted by Gasteiger charge is 2.02. The fraction of sp³-hybridized carbons (Fsp3) is 0.154. The van der Waals surface area contributed by atoms with Crippen molar-refractivity contribution in [3.8, 4) is 5.75 Å². The third-order valence-electron chi connectivity index (χ3n) is 2.33. The standard InChI is InChI=1S/C13H12ClNO/c1-10-4-2-3-5-13(10)16-9-11-6-7-15-8-12(11)14/h2-8H,9H2,1H3. The summed E-state index contributed by atoms with van der Waals surface area (Å²) in [5.74, 6) is 0.885. The van der Waals surface area contributed by atoms with E-state index in [-0.39, 0.29) is 0 Å². The first kappa shape index (κ1) is 11.0. The Morgan fingerprint density at radius 1 is 1.25 bits per heavy atom. The highest BCUT2D eigenvalue weighted by molar-refractivity contribution is 6.31. The molecule has 16 heavy (non-hydrogen) atoms. The van der Waals surface area contributed by atoms with Crippen LogP contribution in [0.15, 0.2) is 42.7 Å². The average molecular weight is 234 g/mol. The van der Waals surface area contributed by atoms with Crippen LogP contribution in [0.3, 0.4) is 0 Å². The monoisotopic (exact) mass is 233 g/mol. The summed E-state index contributed by atoms with van der Waals surface area (Å²) in [7, 11) is 0. The van der Waals surface area contributed by atoms with Crippen LogP contribution in [0, 0.1) is 6.92 Å². The minimum atomic E-state index is 0.464. The third-order valence-corrected chi connectivity index (χ3v) is 2.67. The van der Waals surface area contributed by atoms with E-state index in [1.54, 1.807) is 12.4 Å². The van der Waals surface area contributed by atoms with Crippen LogP contribution in [0.1, 0.15) is 11.1 Å². The van der Waals surface area contributed by atoms with Crippen molar-refractivity contribution in [3.05, 3.63) is 58.9 Å². The zero-order valence-corrected chi connectivity index (χ0v) is 9.74. The molecule has 1 aromatic heterocycles. The van der Waals surface area contributed by atoms with E-state index in [1.807, 2.05) is 37.3 Å². The molecule has 0 fully saturated rings. The van der Waals surface area contributed by atoms with Crippen LogP contribution in [-0.2, 0) is 6.61 Å². The van der Waals surface area contributed by atoms with Crippen LogP contribution in [0.2, 0.25) is 5.02 Å². The molecule has 0 spiro atoms. The summed E-state index contributed by atoms with van der Waals surface area (Å²) in [6.07, 6.45) is 3.33. The van der Waals surface area contributed by atoms with Gasteiger partial charge in [-0.2, -0.15) is 0 Å². The topological polar surface area (TPSA) is 22.1 Å². The van der Waals surface area contributed by atoms with Gasteiger partial charge in [0.1, 0.15) is 12.4 Å². The summed E-state index contributed by atoms with van der Waals surface area (Å²) in [6, 6.07) is 9.77. The number of nitrogens with zero attached hydrogens (tertiary/aromatic N) is 1. The maximum absolute atomic E-state index is 5.99. The SMILES string of the molecule is Cc1ccccc1OCc1ccncc1Cl. The van der Waals surface area contributed by atoms with Gasteiger partial charge in [-0.05, 0) is 24.6 Å². The van der Waals surface area contributed by atoms with E-state index in [0.717, 1.165) is 16.9 Å². The molecule has 1 heterocycles. The van der Waals surface area contributed by atoms with Crippen LogP contribution in [0.4, 0.5) is 0 Å². The van der Waals surface area contributed by atoms with E-state index in [4.69, 9.17) is 16.3 Å². The van der Waals surface area contributed by atoms with Crippen molar-refractivity contribution in [1.29, 1.82) is 0 Å². The molecular formula is C13H12ClNO. The summed E-state index contributed by atoms with van der Waals surface area (Å²) in [6.45, 7) is 2.48. The Labute approximate surface area is 99.9 Å². The molecule has 0 saturated heterocycles. The van der Waals surface area contributed by atoms with Gasteiger partial charge in [-0.25, -0.2) is 0 Å². The zero-order chi connectivity index (χ0) is 11.4. The van der Waals surface area contributed by atoms with Gasteiger partial charge in [0.2, 0.25) is 0 Å². The molecule has 0 atom stereocenters. The summed E-state index contributed by atoms with van der Waals surface area (Å²) in [5, 5.41) is 0.635. The molecule has 0 saturated carbocycles. The van der Waals surface area contributed by atoms with E-state index < -0.39 is 0 Å². The normalized spacial score (nSPS) is 10.1. The number of aromatic nitrogens is 1. The van der Waals surface area contributed by atoms with Crippen molar-refractivity contribution in [3.63, 3.8) is 0 Å². The summed E-state index contributed by atoms with van der Waals surface area (Å²) in [5.41, 5.74) is 2.06. The number of aryl methyl sites for hydroxylation is 1. The van der Waals surface area contributed by atoms with Gasteiger partial charge in [-0.15, -0.1) is 0 Å². The minimum Gasteiger partial charge on any atom is -0.489 e. The first-order chi connectivity index (χ1) is 7.77. The lowest BCUT2D eigenvalue weighted by atomic mass is 10.2. The molecule has 0 aliphatic heterocycles. The van der Waals surface area contributed by atoms with Crippen LogP contribution in [0.5, 0.6) is 5.75 Å². The molecular weight excluding hydrogens is 222 g/mol. The Morgan fingerprint density at radius 3 is 2.81 bits per heavy atom. The van der Waals surface area contributed by atoms with Gasteiger partial charge in [-0.3, -0.25) is 4.98 Å². The quantitative estimate of drug-likeness (QED) is 0.808. The lowest BCUT2D eigenvalue weighted by Gasteiger charge is -2.09. The van der Waals surface area contributed by atoms with Crippen LogP contribution in [-0.4, -0.2) is 4.98 Å². The number of rotatable bonds is 3. The van der Waals surface area contributed by atoms with Gasteiger partial charge in [0.15, 0.2) is 0 Å². The van der Waals surface area contributed by atoms with Crippen molar-refractivity contribution in [1.82, 2.24) is 4.98 Å². The molecule has 2 nitrogen and oxygen atoms in total. The second-order valence-corrected chi connectivity index (χ2v) is 3.93. The number of ether oxygens (including phenoxy) is 1. The molecule has 0 N–H and O–H groups in total. The van der Waals surface area contributed by atoms with Crippen molar-refractivity contribution < 1.29 is 4.74 Å². The highest BCUT2D eigenvalue weighted by atomic mass is 35.5. The molecule has 0 aliphatic carbocycles. The van der Waals surface area contributed by atoms with Crippen LogP contribution >= 0.6 is 11.6 Å². The largest absolute Gasteiger partial charge is 0.489 e. The molecule has 3 heteroatoms. The highest BCUT2D eigenvalue weighted by Crippen LogP contribution is 2.20. The van der Waals surface area contributed by atoms with Gasteiger partial charge in [0.05, 0.1) is 5.02 Å². The first-order valence-corrected chi connectivity index (χ1v) is 5.42. The van der Waals surface area contributed by atoms with Gasteiger partial charge < -0.3 is 4.74 Å². The molecule has 82 valence electrons. The summed E-state index contributed by atoms with van der Waals surface area (Å²) >= 11 is 5.99. The second-order valence-electron chi connectivity index (χ2n) is 3.52. The van der Waals surface area contributed by atoms with Gasteiger partial charge in [-0.1, -0.05) is 29.8 Å². The third kappa shape index (κ3) is 2.52. The van der Waals surface area contributed by atoms with Gasteiger partial charge >= 0.3 is 0 Å². The molecule has 2 rings (SSSR count). The molecule has 0 aliphatic rings. The summed E-state index contributed by atoms with van der Waals surface area (Å²) in [4.78, 5) is 3.93. The fourth-order valence-corrected chi connectivity index (χ4v) is 1.57. The predicted molar refractivity (Wildman–Crippen MR) is 64.8 cm³/mol. The van der Waals surface area contributed by atoms with Crippen molar-refractivity contribution in [2.45, 2.75) is 13.5 Å². The van der Waals surface area contributed by atoms with E-state index >= 15 is 0 Å². The van der Waals surface area contributed by atoms with Crippen molar-refractivity contribution >= 4 is 11.6 Å². The average Bonchev–Trinajstić information content (AvgIpc) is 2.30. The first-order valence-electron chi connectivity index (χ1n) is 5.04. The van der Waals surface area contributed by atoms with Crippen LogP contribution in [0.25, 0.3) is 0 Å². The molecule has 0 unspecified atom stereocenters. The predicted octanol–water partition coefficient (Wildman–Crippen LogP) is 3.62. The Balaban J connectivity index is 2.09. The minimum absolute atomic E-state index is 0.464. The lowest BCUT2D eigenvalue weighted by Crippen LogP contribution is -1.97. The molecule has 0 amide bonds. The fourth-order valence-electron chi connectivity index (χ4n) is 1.39. The van der Waals surface area contributed by atoms with Gasteiger partial charge in [0.25, 0.3) is 0 Å². The number of hydrogen-bond acceptors (Lipinski definition) is 2. The van der Waals surface area contributed by atoms with E-state index in [0.29, 0.717) is 11.6 Å². The molecule has 0 radical (unpaired) electrons. The van der Waals surface area contributed by atoms with E-state index in [9.17, 15) is 0 Å². The number of pyridine rings is 1. The molecule has 0 bridgehead atoms. The summed E-state index contributed by atoms with van der Waals surface area (Å²) < 4.78 is 5.69. The smallest absolute Gasteiger partial charge is 0.122 e. The maximum Gasteiger partial charge on any atom is 0.122 e. The number of benzene rings is 1. The number of para-hydroxylation sites is 1. The van der Waals surface area contributed by atoms with E-state index in [1.165, 1.54) is 0 Å². The number of halogens is 1. The Hall–Kier alpha value is -1.54. The Morgan fingerprint density at radius 2 is 2.06 bits per heavy atom. The number of hydrogen-bond donors (Lipinski definition) is 0. The van der Waals surface area contributed by atoms with Crippen LogP contribution < -0.4 is 4.74 Å². The Kier molecular flexibility index (Phi) is 3.42. The van der Waals surface area contributed by atoms with Crippen molar-refractivity contribution in [2.75, 3.05) is 0 Å². The van der Waals surface area contributed by atoms with Gasteiger partial charge in [0, 0.05) is 18.0 Å². The zero-order valence-electron chi connectivity index (χ0n) is 8.98. The molecule has 1 aromatic carbocycles. The second kappa shape index (κ2) is 4.99.